The molecule has 0 fully saturated rings. The zero-order chi connectivity index (χ0) is 14.7. The van der Waals surface area contributed by atoms with E-state index in [1.54, 1.807) is 12.3 Å². The molecule has 106 valence electrons. The van der Waals surface area contributed by atoms with Crippen molar-refractivity contribution in [2.45, 2.75) is 6.61 Å². The first-order valence-corrected chi connectivity index (χ1v) is 6.34. The van der Waals surface area contributed by atoms with Gasteiger partial charge in [0.15, 0.2) is 6.29 Å². The highest BCUT2D eigenvalue weighted by molar-refractivity contribution is 5.80. The summed E-state index contributed by atoms with van der Waals surface area (Å²) < 4.78 is 10.6. The highest BCUT2D eigenvalue weighted by atomic mass is 16.5. The van der Waals surface area contributed by atoms with Crippen molar-refractivity contribution in [1.82, 2.24) is 15.2 Å². The molecule has 21 heavy (non-hydrogen) atoms. The monoisotopic (exact) mass is 283 g/mol. The van der Waals surface area contributed by atoms with Crippen LogP contribution in [0.25, 0.3) is 10.9 Å². The molecule has 0 aliphatic carbocycles. The van der Waals surface area contributed by atoms with Crippen molar-refractivity contribution in [2.24, 2.45) is 0 Å². The Morgan fingerprint density at radius 1 is 1.29 bits per heavy atom. The van der Waals surface area contributed by atoms with E-state index in [-0.39, 0.29) is 0 Å². The molecule has 0 saturated carbocycles. The molecule has 0 unspecified atom stereocenters. The minimum Gasteiger partial charge on any atom is -0.487 e. The van der Waals surface area contributed by atoms with E-state index in [0.717, 1.165) is 22.8 Å². The van der Waals surface area contributed by atoms with Crippen molar-refractivity contribution in [2.75, 3.05) is 7.11 Å². The Hall–Kier alpha value is -2.89. The molecule has 3 rings (SSSR count). The van der Waals surface area contributed by atoms with Crippen LogP contribution in [0.15, 0.2) is 36.7 Å². The SMILES string of the molecule is COc1cc(C=O)c(OCc2ccc3[nH]ncc3c2)cn1. The number of rotatable bonds is 5. The molecule has 2 heterocycles. The van der Waals surface area contributed by atoms with Gasteiger partial charge >= 0.3 is 0 Å². The fraction of sp³-hybridized carbons (Fsp3) is 0.133. The second kappa shape index (κ2) is 5.62. The van der Waals surface area contributed by atoms with E-state index in [0.29, 0.717) is 23.8 Å². The molecule has 0 saturated heterocycles. The molecule has 0 aliphatic rings. The minimum absolute atomic E-state index is 0.343. The summed E-state index contributed by atoms with van der Waals surface area (Å²) in [6, 6.07) is 7.41. The highest BCUT2D eigenvalue weighted by Crippen LogP contribution is 2.21. The van der Waals surface area contributed by atoms with Gasteiger partial charge in [0.25, 0.3) is 0 Å². The molecule has 1 N–H and O–H groups in total. The molecule has 3 aromatic rings. The molecule has 0 spiro atoms. The van der Waals surface area contributed by atoms with Gasteiger partial charge in [-0.15, -0.1) is 0 Å². The molecule has 0 atom stereocenters. The number of nitrogens with zero attached hydrogens (tertiary/aromatic N) is 2. The van der Waals surface area contributed by atoms with Gasteiger partial charge in [-0.1, -0.05) is 6.07 Å². The van der Waals surface area contributed by atoms with E-state index in [4.69, 9.17) is 9.47 Å². The number of carbonyl (C=O) groups excluding carboxylic acids is 1. The second-order valence-electron chi connectivity index (χ2n) is 4.46. The summed E-state index contributed by atoms with van der Waals surface area (Å²) in [5.74, 6) is 0.808. The van der Waals surface area contributed by atoms with Crippen molar-refractivity contribution >= 4 is 17.2 Å². The lowest BCUT2D eigenvalue weighted by atomic mass is 10.2. The largest absolute Gasteiger partial charge is 0.487 e. The lowest BCUT2D eigenvalue weighted by molar-refractivity contribution is 0.111. The van der Waals surface area contributed by atoms with E-state index < -0.39 is 0 Å². The Bertz CT molecular complexity index is 783. The third kappa shape index (κ3) is 2.69. The molecule has 0 amide bonds. The number of aldehydes is 1. The quantitative estimate of drug-likeness (QED) is 0.727. The zero-order valence-corrected chi connectivity index (χ0v) is 11.4. The predicted octanol–water partition coefficient (Wildman–Crippen LogP) is 2.36. The number of fused-ring (bicyclic) bond motifs is 1. The lowest BCUT2D eigenvalue weighted by Gasteiger charge is -2.09. The van der Waals surface area contributed by atoms with Crippen molar-refractivity contribution in [3.05, 3.63) is 47.8 Å². The first kappa shape index (κ1) is 13.1. The van der Waals surface area contributed by atoms with E-state index >= 15 is 0 Å². The van der Waals surface area contributed by atoms with E-state index in [9.17, 15) is 4.79 Å². The Morgan fingerprint density at radius 2 is 2.19 bits per heavy atom. The number of nitrogens with one attached hydrogen (secondary N) is 1. The Morgan fingerprint density at radius 3 is 3.00 bits per heavy atom. The Balaban J connectivity index is 1.79. The number of ether oxygens (including phenoxy) is 2. The maximum atomic E-state index is 11.1. The standard InChI is InChI=1S/C15H13N3O3/c1-20-15-5-12(8-19)14(7-16-15)21-9-10-2-3-13-11(4-10)6-17-18-13/h2-8H,9H2,1H3,(H,17,18). The number of methoxy groups -OCH3 is 1. The van der Waals surface area contributed by atoms with Crippen LogP contribution in [-0.2, 0) is 6.61 Å². The fourth-order valence-electron chi connectivity index (χ4n) is 2.01. The van der Waals surface area contributed by atoms with Gasteiger partial charge in [0.1, 0.15) is 12.4 Å². The van der Waals surface area contributed by atoms with Crippen LogP contribution in [0.1, 0.15) is 15.9 Å². The van der Waals surface area contributed by atoms with Crippen LogP contribution < -0.4 is 9.47 Å². The molecule has 1 aromatic carbocycles. The summed E-state index contributed by atoms with van der Waals surface area (Å²) in [6.45, 7) is 0.343. The maximum Gasteiger partial charge on any atom is 0.213 e. The van der Waals surface area contributed by atoms with Crippen LogP contribution >= 0.6 is 0 Å². The van der Waals surface area contributed by atoms with Gasteiger partial charge in [-0.05, 0) is 17.7 Å². The van der Waals surface area contributed by atoms with Gasteiger partial charge in [-0.3, -0.25) is 9.89 Å². The van der Waals surface area contributed by atoms with Crippen LogP contribution in [-0.4, -0.2) is 28.6 Å². The van der Waals surface area contributed by atoms with Crippen LogP contribution in [0.2, 0.25) is 0 Å². The van der Waals surface area contributed by atoms with Crippen molar-refractivity contribution < 1.29 is 14.3 Å². The number of H-pyrrole nitrogens is 1. The normalized spacial score (nSPS) is 10.5. The molecule has 0 bridgehead atoms. The predicted molar refractivity (Wildman–Crippen MR) is 76.6 cm³/mol. The van der Waals surface area contributed by atoms with Crippen LogP contribution in [0.3, 0.4) is 0 Å². The van der Waals surface area contributed by atoms with Gasteiger partial charge in [-0.25, -0.2) is 4.98 Å². The first-order chi connectivity index (χ1) is 10.3. The number of hydrogen-bond acceptors (Lipinski definition) is 5. The average Bonchev–Trinajstić information content (AvgIpc) is 3.00. The van der Waals surface area contributed by atoms with Gasteiger partial charge in [-0.2, -0.15) is 5.10 Å². The number of aromatic nitrogens is 3. The average molecular weight is 283 g/mol. The van der Waals surface area contributed by atoms with Crippen molar-refractivity contribution in [3.63, 3.8) is 0 Å². The van der Waals surface area contributed by atoms with Gasteiger partial charge in [0.2, 0.25) is 5.88 Å². The van der Waals surface area contributed by atoms with Crippen molar-refractivity contribution in [3.8, 4) is 11.6 Å². The van der Waals surface area contributed by atoms with Crippen LogP contribution in [0.4, 0.5) is 0 Å². The second-order valence-corrected chi connectivity index (χ2v) is 4.46. The number of carbonyl (C=O) groups is 1. The minimum atomic E-state index is 0.343. The summed E-state index contributed by atoms with van der Waals surface area (Å²) in [5.41, 5.74) is 2.36. The Kier molecular flexibility index (Phi) is 3.51. The third-order valence-corrected chi connectivity index (χ3v) is 3.11. The topological polar surface area (TPSA) is 77.1 Å². The highest BCUT2D eigenvalue weighted by Gasteiger charge is 2.07. The zero-order valence-electron chi connectivity index (χ0n) is 11.4. The molecule has 0 aliphatic heterocycles. The molecule has 6 heteroatoms. The number of hydrogen-bond donors (Lipinski definition) is 1. The smallest absolute Gasteiger partial charge is 0.213 e. The number of pyridine rings is 1. The molecular weight excluding hydrogens is 270 g/mol. The van der Waals surface area contributed by atoms with E-state index in [1.807, 2.05) is 18.2 Å². The maximum absolute atomic E-state index is 11.1. The van der Waals surface area contributed by atoms with E-state index in [2.05, 4.69) is 15.2 Å². The molecular formula is C15H13N3O3. The summed E-state index contributed by atoms with van der Waals surface area (Å²) in [7, 11) is 1.50. The van der Waals surface area contributed by atoms with Crippen LogP contribution in [0, 0.1) is 0 Å². The number of benzene rings is 1. The summed E-state index contributed by atoms with van der Waals surface area (Å²) in [6.07, 6.45) is 3.96. The van der Waals surface area contributed by atoms with Gasteiger partial charge in [0, 0.05) is 11.5 Å². The van der Waals surface area contributed by atoms with Gasteiger partial charge in [0.05, 0.1) is 30.6 Å². The van der Waals surface area contributed by atoms with Crippen molar-refractivity contribution in [1.29, 1.82) is 0 Å². The summed E-state index contributed by atoms with van der Waals surface area (Å²) in [5, 5.41) is 7.88. The summed E-state index contributed by atoms with van der Waals surface area (Å²) in [4.78, 5) is 15.1. The Labute approximate surface area is 120 Å². The summed E-state index contributed by atoms with van der Waals surface area (Å²) >= 11 is 0. The molecule has 6 nitrogen and oxygen atoms in total. The van der Waals surface area contributed by atoms with E-state index in [1.165, 1.54) is 13.3 Å². The van der Waals surface area contributed by atoms with Crippen LogP contribution in [0.5, 0.6) is 11.6 Å². The van der Waals surface area contributed by atoms with Gasteiger partial charge < -0.3 is 9.47 Å². The number of aromatic amines is 1. The molecule has 0 radical (unpaired) electrons. The fourth-order valence-corrected chi connectivity index (χ4v) is 2.01. The molecule has 2 aromatic heterocycles. The lowest BCUT2D eigenvalue weighted by Crippen LogP contribution is -2.00. The first-order valence-electron chi connectivity index (χ1n) is 6.34. The third-order valence-electron chi connectivity index (χ3n) is 3.11.